The Morgan fingerprint density at radius 1 is 1.00 bits per heavy atom. The van der Waals surface area contributed by atoms with E-state index in [0.717, 1.165) is 25.7 Å². The van der Waals surface area contributed by atoms with Crippen molar-refractivity contribution < 1.29 is 23.8 Å². The largest absolute Gasteiger partial charge is 0.461 e. The summed E-state index contributed by atoms with van der Waals surface area (Å²) in [6.07, 6.45) is 4.07. The third kappa shape index (κ3) is 0.805. The third-order valence-corrected chi connectivity index (χ3v) is 7.30. The molecule has 4 saturated carbocycles. The van der Waals surface area contributed by atoms with E-state index in [9.17, 15) is 9.59 Å². The first-order valence-corrected chi connectivity index (χ1v) is 7.92. The van der Waals surface area contributed by atoms with Crippen LogP contribution in [0, 0.1) is 16.2 Å². The quantitative estimate of drug-likeness (QED) is 0.638. The van der Waals surface area contributed by atoms with E-state index in [0.29, 0.717) is 6.42 Å². The van der Waals surface area contributed by atoms with Crippen LogP contribution in [0.15, 0.2) is 0 Å². The fraction of sp³-hybridized carbons (Fsp3) is 0.875. The first-order valence-electron chi connectivity index (χ1n) is 7.92. The van der Waals surface area contributed by atoms with Crippen LogP contribution in [0.4, 0.5) is 0 Å². The number of carbonyl (C=O) groups excluding carboxylic acids is 2. The second-order valence-electron chi connectivity index (χ2n) is 8.01. The monoisotopic (exact) mass is 292 g/mol. The van der Waals surface area contributed by atoms with E-state index < -0.39 is 22.2 Å². The van der Waals surface area contributed by atoms with Crippen molar-refractivity contribution in [3.05, 3.63) is 0 Å². The topological polar surface area (TPSA) is 61.8 Å². The summed E-state index contributed by atoms with van der Waals surface area (Å²) >= 11 is 0. The van der Waals surface area contributed by atoms with Crippen molar-refractivity contribution >= 4 is 11.9 Å². The molecule has 5 atom stereocenters. The Balaban J connectivity index is 1.80. The van der Waals surface area contributed by atoms with E-state index in [-0.39, 0.29) is 23.5 Å². The zero-order valence-electron chi connectivity index (χ0n) is 12.7. The molecule has 4 aliphatic carbocycles. The van der Waals surface area contributed by atoms with Crippen LogP contribution in [0.3, 0.4) is 0 Å². The average Bonchev–Trinajstić information content (AvgIpc) is 2.87. The first kappa shape index (κ1) is 12.4. The van der Waals surface area contributed by atoms with Crippen molar-refractivity contribution in [3.63, 3.8) is 0 Å². The van der Waals surface area contributed by atoms with Gasteiger partial charge in [-0.15, -0.1) is 0 Å². The molecule has 5 nitrogen and oxygen atoms in total. The fourth-order valence-corrected chi connectivity index (χ4v) is 7.04. The Morgan fingerprint density at radius 3 is 2.48 bits per heavy atom. The summed E-state index contributed by atoms with van der Waals surface area (Å²) in [5.41, 5.74) is -2.48. The van der Waals surface area contributed by atoms with Crippen molar-refractivity contribution in [2.24, 2.45) is 16.2 Å². The molecule has 6 fully saturated rings. The lowest BCUT2D eigenvalue weighted by molar-refractivity contribution is -0.416. The molecule has 21 heavy (non-hydrogen) atoms. The number of rotatable bonds is 0. The highest BCUT2D eigenvalue weighted by atomic mass is 16.7. The van der Waals surface area contributed by atoms with E-state index in [4.69, 9.17) is 14.2 Å². The molecule has 0 aromatic carbocycles. The minimum atomic E-state index is -0.936. The van der Waals surface area contributed by atoms with Crippen molar-refractivity contribution in [3.8, 4) is 0 Å². The third-order valence-electron chi connectivity index (χ3n) is 7.30. The van der Waals surface area contributed by atoms with Crippen molar-refractivity contribution in [2.75, 3.05) is 0 Å². The van der Waals surface area contributed by atoms with Crippen LogP contribution in [0.25, 0.3) is 0 Å². The molecule has 4 bridgehead atoms. The van der Waals surface area contributed by atoms with E-state index in [1.54, 1.807) is 13.8 Å². The molecule has 0 aromatic heterocycles. The van der Waals surface area contributed by atoms with Gasteiger partial charge in [0.1, 0.15) is 11.5 Å². The zero-order chi connectivity index (χ0) is 14.9. The van der Waals surface area contributed by atoms with Gasteiger partial charge >= 0.3 is 11.9 Å². The van der Waals surface area contributed by atoms with Gasteiger partial charge in [-0.05, 0) is 19.8 Å². The van der Waals surface area contributed by atoms with Crippen LogP contribution in [-0.4, -0.2) is 29.4 Å². The summed E-state index contributed by atoms with van der Waals surface area (Å²) in [5.74, 6) is -1.37. The summed E-state index contributed by atoms with van der Waals surface area (Å²) in [5, 5.41) is 0. The van der Waals surface area contributed by atoms with Crippen molar-refractivity contribution in [1.82, 2.24) is 0 Å². The van der Waals surface area contributed by atoms with Gasteiger partial charge in [-0.1, -0.05) is 12.8 Å². The van der Waals surface area contributed by atoms with Crippen LogP contribution in [0.2, 0.25) is 0 Å². The van der Waals surface area contributed by atoms with Crippen LogP contribution >= 0.6 is 0 Å². The highest BCUT2D eigenvalue weighted by molar-refractivity contribution is 5.99. The normalized spacial score (nSPS) is 58.7. The number of hydrogen-bond donors (Lipinski definition) is 0. The van der Waals surface area contributed by atoms with Gasteiger partial charge in [0.15, 0.2) is 0 Å². The van der Waals surface area contributed by atoms with E-state index in [2.05, 4.69) is 0 Å². The SMILES string of the molecule is CC1(C)OC(=O)[C@]23C[C@H]4OC(=O)[C@]25CCCC[C@@]45[C@]3(C)O1. The minimum absolute atomic E-state index is 0.184. The van der Waals surface area contributed by atoms with Crippen molar-refractivity contribution in [1.29, 1.82) is 0 Å². The van der Waals surface area contributed by atoms with Gasteiger partial charge in [0, 0.05) is 20.3 Å². The molecule has 0 N–H and O–H groups in total. The lowest BCUT2D eigenvalue weighted by Crippen LogP contribution is -2.85. The predicted molar refractivity (Wildman–Crippen MR) is 69.9 cm³/mol. The highest BCUT2D eigenvalue weighted by Crippen LogP contribution is 2.92. The molecule has 5 heteroatoms. The van der Waals surface area contributed by atoms with Gasteiger partial charge in [-0.2, -0.15) is 0 Å². The second-order valence-corrected chi connectivity index (χ2v) is 8.01. The molecule has 6 rings (SSSR count). The maximum absolute atomic E-state index is 12.9. The summed E-state index contributed by atoms with van der Waals surface area (Å²) in [4.78, 5) is 25.6. The molecule has 6 aliphatic rings. The Morgan fingerprint density at radius 2 is 1.71 bits per heavy atom. The Labute approximate surface area is 123 Å². The average molecular weight is 292 g/mol. The molecular formula is C16H20O5. The zero-order valence-corrected chi connectivity index (χ0v) is 12.7. The number of esters is 2. The Bertz CT molecular complexity index is 612. The summed E-state index contributed by atoms with van der Waals surface area (Å²) in [7, 11) is 0. The van der Waals surface area contributed by atoms with E-state index in [1.165, 1.54) is 0 Å². The number of cyclic esters (lactones) is 1. The van der Waals surface area contributed by atoms with Crippen LogP contribution < -0.4 is 0 Å². The molecule has 114 valence electrons. The van der Waals surface area contributed by atoms with Gasteiger partial charge in [-0.3, -0.25) is 9.59 Å². The molecule has 0 unspecified atom stereocenters. The predicted octanol–water partition coefficient (Wildman–Crippen LogP) is 1.93. The number of carbonyl (C=O) groups is 2. The molecule has 0 amide bonds. The second kappa shape index (κ2) is 2.87. The molecule has 2 heterocycles. The summed E-state index contributed by atoms with van der Waals surface area (Å²) in [6, 6.07) is 0. The first-order chi connectivity index (χ1) is 9.78. The number of hydrogen-bond acceptors (Lipinski definition) is 5. The lowest BCUT2D eigenvalue weighted by atomic mass is 9.30. The minimum Gasteiger partial charge on any atom is -0.461 e. The van der Waals surface area contributed by atoms with Crippen LogP contribution in [0.1, 0.15) is 52.9 Å². The highest BCUT2D eigenvalue weighted by Gasteiger charge is 3.03. The van der Waals surface area contributed by atoms with E-state index >= 15 is 0 Å². The molecule has 2 saturated heterocycles. The van der Waals surface area contributed by atoms with Gasteiger partial charge in [0.2, 0.25) is 5.79 Å². The lowest BCUT2D eigenvalue weighted by Gasteiger charge is -2.74. The molecule has 2 spiro atoms. The van der Waals surface area contributed by atoms with Crippen molar-refractivity contribution in [2.45, 2.75) is 70.4 Å². The van der Waals surface area contributed by atoms with E-state index in [1.807, 2.05) is 6.92 Å². The van der Waals surface area contributed by atoms with Crippen LogP contribution in [0.5, 0.6) is 0 Å². The number of ether oxygens (including phenoxy) is 3. The summed E-state index contributed by atoms with van der Waals surface area (Å²) < 4.78 is 17.6. The molecule has 2 aliphatic heterocycles. The molecule has 0 radical (unpaired) electrons. The summed E-state index contributed by atoms with van der Waals surface area (Å²) in [6.45, 7) is 5.57. The fourth-order valence-electron chi connectivity index (χ4n) is 7.04. The smallest absolute Gasteiger partial charge is 0.318 e. The van der Waals surface area contributed by atoms with Gasteiger partial charge < -0.3 is 14.2 Å². The molecular weight excluding hydrogens is 272 g/mol. The van der Waals surface area contributed by atoms with Gasteiger partial charge in [0.25, 0.3) is 0 Å². The Hall–Kier alpha value is -1.10. The standard InChI is InChI=1S/C16H20O5/c1-12(2)20-11(18)16-8-9-14(13(16,3)21-12)6-4-5-7-15(14,16)10(17)19-9/h9H,4-8H2,1-3H3/t9-,13+,14+,15+,16+/m1/s1. The molecule has 0 aromatic rings. The maximum Gasteiger partial charge on any atom is 0.318 e. The Kier molecular flexibility index (Phi) is 1.70. The van der Waals surface area contributed by atoms with Crippen LogP contribution in [-0.2, 0) is 23.8 Å². The van der Waals surface area contributed by atoms with Gasteiger partial charge in [0.05, 0.1) is 16.4 Å². The maximum atomic E-state index is 12.9. The van der Waals surface area contributed by atoms with Gasteiger partial charge in [-0.25, -0.2) is 0 Å².